The van der Waals surface area contributed by atoms with E-state index >= 15 is 0 Å². The van der Waals surface area contributed by atoms with Crippen molar-refractivity contribution in [2.24, 2.45) is 0 Å². The highest BCUT2D eigenvalue weighted by Gasteiger charge is 2.35. The minimum absolute atomic E-state index is 0.00319. The molecule has 0 unspecified atom stereocenters. The number of carbonyl (C=O) groups is 2. The van der Waals surface area contributed by atoms with Gasteiger partial charge in [-0.3, -0.25) is 9.59 Å². The van der Waals surface area contributed by atoms with Gasteiger partial charge in [-0.05, 0) is 24.4 Å². The van der Waals surface area contributed by atoms with Crippen LogP contribution in [0.1, 0.15) is 20.7 Å². The maximum atomic E-state index is 11.8. The minimum Gasteiger partial charge on any atom is -0.457 e. The van der Waals surface area contributed by atoms with Crippen molar-refractivity contribution in [3.8, 4) is 0 Å². The summed E-state index contributed by atoms with van der Waals surface area (Å²) in [6, 6.07) is 6.62. The minimum atomic E-state index is -0.370. The van der Waals surface area contributed by atoms with Crippen molar-refractivity contribution in [1.29, 1.82) is 0 Å². The van der Waals surface area contributed by atoms with Gasteiger partial charge in [0.15, 0.2) is 6.73 Å². The first kappa shape index (κ1) is 11.1. The molecule has 0 aliphatic carbocycles. The second-order valence-electron chi connectivity index (χ2n) is 3.12. The fourth-order valence-electron chi connectivity index (χ4n) is 1.48. The second kappa shape index (κ2) is 4.23. The van der Waals surface area contributed by atoms with Crippen molar-refractivity contribution in [2.75, 3.05) is 6.73 Å². The molecule has 0 spiro atoms. The highest BCUT2D eigenvalue weighted by Crippen LogP contribution is 2.22. The van der Waals surface area contributed by atoms with E-state index in [-0.39, 0.29) is 22.9 Å². The quantitative estimate of drug-likeness (QED) is 0.492. The van der Waals surface area contributed by atoms with E-state index in [1.165, 1.54) is 0 Å². The van der Waals surface area contributed by atoms with Crippen LogP contribution in [0.25, 0.3) is 0 Å². The second-order valence-corrected chi connectivity index (χ2v) is 4.20. The first-order valence-electron chi connectivity index (χ1n) is 4.42. The van der Waals surface area contributed by atoms with Crippen molar-refractivity contribution < 1.29 is 14.3 Å². The van der Waals surface area contributed by atoms with Crippen LogP contribution in [0.3, 0.4) is 0 Å². The van der Waals surface area contributed by atoms with Gasteiger partial charge in [-0.25, -0.2) is 4.90 Å². The average Bonchev–Trinajstić information content (AvgIpc) is 2.50. The summed E-state index contributed by atoms with van der Waals surface area (Å²) >= 11 is 8.34. The Balaban J connectivity index is 2.25. The molecule has 0 fully saturated rings. The number of ether oxygens (including phenoxy) is 1. The smallest absolute Gasteiger partial charge is 0.264 e. The van der Waals surface area contributed by atoms with Crippen LogP contribution in [-0.2, 0) is 4.74 Å². The first-order chi connectivity index (χ1) is 7.61. The molecule has 0 radical (unpaired) electrons. The Morgan fingerprint density at radius 1 is 1.25 bits per heavy atom. The zero-order valence-electron chi connectivity index (χ0n) is 8.04. The molecule has 16 heavy (non-hydrogen) atoms. The Labute approximate surface area is 103 Å². The maximum Gasteiger partial charge on any atom is 0.264 e. The van der Waals surface area contributed by atoms with E-state index in [4.69, 9.17) is 4.74 Å². The summed E-state index contributed by atoms with van der Waals surface area (Å²) in [5.41, 5.74) is 0.780. The van der Waals surface area contributed by atoms with Crippen LogP contribution < -0.4 is 0 Å². The van der Waals surface area contributed by atoms with Gasteiger partial charge in [0.1, 0.15) is 0 Å². The third kappa shape index (κ3) is 1.81. The fraction of sp³-hybridized carbons (Fsp3) is 0.100. The molecule has 2 amide bonds. The fourth-order valence-corrected chi connectivity index (χ4v) is 1.59. The van der Waals surface area contributed by atoms with Gasteiger partial charge in [-0.15, -0.1) is 0 Å². The van der Waals surface area contributed by atoms with E-state index < -0.39 is 0 Å². The summed E-state index contributed by atoms with van der Waals surface area (Å²) < 4.78 is 4.87. The molecule has 1 heterocycles. The number of hydrogen-bond donors (Lipinski definition) is 1. The lowest BCUT2D eigenvalue weighted by atomic mass is 10.1. The molecule has 1 aliphatic rings. The lowest BCUT2D eigenvalue weighted by Crippen LogP contribution is -2.32. The van der Waals surface area contributed by atoms with Crippen LogP contribution in [0, 0.1) is 0 Å². The predicted molar refractivity (Wildman–Crippen MR) is 64.5 cm³/mol. The molecule has 1 aromatic rings. The number of benzene rings is 1. The Hall–Kier alpha value is -1.40. The predicted octanol–water partition coefficient (Wildman–Crippen LogP) is 1.47. The topological polar surface area (TPSA) is 46.6 Å². The van der Waals surface area contributed by atoms with Gasteiger partial charge in [0, 0.05) is 0 Å². The molecular formula is C10H7NO3S2. The van der Waals surface area contributed by atoms with Gasteiger partial charge in [-0.1, -0.05) is 24.8 Å². The summed E-state index contributed by atoms with van der Waals surface area (Å²) in [6.45, 7) is -0.200. The number of imide groups is 1. The third-order valence-corrected chi connectivity index (χ3v) is 2.44. The molecule has 1 aromatic carbocycles. The molecule has 0 aromatic heterocycles. The van der Waals surface area contributed by atoms with Gasteiger partial charge in [0.05, 0.1) is 11.1 Å². The van der Waals surface area contributed by atoms with E-state index in [2.05, 4.69) is 24.8 Å². The first-order valence-corrected chi connectivity index (χ1v) is 5.28. The van der Waals surface area contributed by atoms with Gasteiger partial charge in [0.2, 0.25) is 4.38 Å². The number of amides is 2. The van der Waals surface area contributed by atoms with E-state index in [0.29, 0.717) is 11.1 Å². The molecule has 0 saturated carbocycles. The summed E-state index contributed by atoms with van der Waals surface area (Å²) in [5.74, 6) is -0.740. The molecule has 4 nitrogen and oxygen atoms in total. The van der Waals surface area contributed by atoms with Gasteiger partial charge < -0.3 is 4.74 Å². The maximum absolute atomic E-state index is 11.8. The number of nitrogens with zero attached hydrogens (tertiary/aromatic N) is 1. The van der Waals surface area contributed by atoms with Crippen molar-refractivity contribution in [3.05, 3.63) is 35.4 Å². The largest absolute Gasteiger partial charge is 0.457 e. The zero-order chi connectivity index (χ0) is 11.7. The van der Waals surface area contributed by atoms with Crippen molar-refractivity contribution >= 4 is 41.0 Å². The highest BCUT2D eigenvalue weighted by atomic mass is 32.1. The molecule has 1 aliphatic heterocycles. The summed E-state index contributed by atoms with van der Waals surface area (Å²) in [7, 11) is 0. The Kier molecular flexibility index (Phi) is 2.93. The molecule has 6 heteroatoms. The van der Waals surface area contributed by atoms with Gasteiger partial charge >= 0.3 is 0 Å². The van der Waals surface area contributed by atoms with E-state index in [1.807, 2.05) is 0 Å². The summed E-state index contributed by atoms with van der Waals surface area (Å²) in [6.07, 6.45) is 0. The third-order valence-electron chi connectivity index (χ3n) is 2.20. The highest BCUT2D eigenvalue weighted by molar-refractivity contribution is 8.10. The van der Waals surface area contributed by atoms with Gasteiger partial charge in [0.25, 0.3) is 11.8 Å². The van der Waals surface area contributed by atoms with Crippen LogP contribution in [-0.4, -0.2) is 27.8 Å². The Morgan fingerprint density at radius 2 is 1.75 bits per heavy atom. The van der Waals surface area contributed by atoms with Crippen molar-refractivity contribution in [3.63, 3.8) is 0 Å². The Morgan fingerprint density at radius 3 is 2.19 bits per heavy atom. The zero-order valence-corrected chi connectivity index (χ0v) is 9.75. The van der Waals surface area contributed by atoms with E-state index in [1.54, 1.807) is 24.3 Å². The average molecular weight is 253 g/mol. The molecule has 0 bridgehead atoms. The molecule has 0 N–H and O–H groups in total. The standard InChI is InChI=1S/C10H7NO3S2/c12-8-6-3-1-2-4-7(6)9(13)11(8)5-14-10(15)16/h1-4H,5H2,(H,15,16). The number of carbonyl (C=O) groups excluding carboxylic acids is 2. The number of thiocarbonyl (C=S) groups is 1. The summed E-state index contributed by atoms with van der Waals surface area (Å²) in [4.78, 5) is 24.5. The van der Waals surface area contributed by atoms with Crippen LogP contribution in [0.2, 0.25) is 0 Å². The van der Waals surface area contributed by atoms with E-state index in [0.717, 1.165) is 4.90 Å². The number of rotatable bonds is 2. The molecule has 0 saturated heterocycles. The van der Waals surface area contributed by atoms with Crippen LogP contribution in [0.5, 0.6) is 0 Å². The SMILES string of the molecule is O=C1c2ccccc2C(=O)N1COC(=S)S. The normalized spacial score (nSPS) is 13.9. The molecule has 2 rings (SSSR count). The van der Waals surface area contributed by atoms with E-state index in [9.17, 15) is 9.59 Å². The van der Waals surface area contributed by atoms with Crippen LogP contribution in [0.4, 0.5) is 0 Å². The Bertz CT molecular complexity index is 452. The van der Waals surface area contributed by atoms with Crippen LogP contribution >= 0.6 is 24.8 Å². The van der Waals surface area contributed by atoms with Crippen molar-refractivity contribution in [2.45, 2.75) is 0 Å². The van der Waals surface area contributed by atoms with Gasteiger partial charge in [-0.2, -0.15) is 0 Å². The monoisotopic (exact) mass is 253 g/mol. The van der Waals surface area contributed by atoms with Crippen molar-refractivity contribution in [1.82, 2.24) is 4.90 Å². The molecule has 0 atom stereocenters. The lowest BCUT2D eigenvalue weighted by Gasteiger charge is -2.13. The van der Waals surface area contributed by atoms with Crippen LogP contribution in [0.15, 0.2) is 24.3 Å². The molecular weight excluding hydrogens is 246 g/mol. The summed E-state index contributed by atoms with van der Waals surface area (Å²) in [5, 5.41) is 0. The number of hydrogen-bond acceptors (Lipinski definition) is 4. The number of fused-ring (bicyclic) bond motifs is 1. The number of thiol groups is 1. The lowest BCUT2D eigenvalue weighted by molar-refractivity contribution is 0.0517. The molecule has 82 valence electrons.